The van der Waals surface area contributed by atoms with Crippen molar-refractivity contribution in [2.24, 2.45) is 5.73 Å². The summed E-state index contributed by atoms with van der Waals surface area (Å²) in [6.07, 6.45) is 0. The Balaban J connectivity index is 0.00000133. The Labute approximate surface area is 121 Å². The minimum atomic E-state index is -0.0804. The first-order valence-corrected chi connectivity index (χ1v) is 6.64. The summed E-state index contributed by atoms with van der Waals surface area (Å²) in [6, 6.07) is 15.5. The fourth-order valence-corrected chi connectivity index (χ4v) is 2.83. The van der Waals surface area contributed by atoms with Gasteiger partial charge in [0.1, 0.15) is 5.75 Å². The molecular formula is C15H14ClNOS. The van der Waals surface area contributed by atoms with Crippen molar-refractivity contribution in [3.8, 4) is 5.75 Å². The number of fused-ring (bicyclic) bond motifs is 1. The zero-order chi connectivity index (χ0) is 12.5. The first-order valence-electron chi connectivity index (χ1n) is 5.76. The van der Waals surface area contributed by atoms with Gasteiger partial charge in [-0.2, -0.15) is 0 Å². The first-order chi connectivity index (χ1) is 8.74. The van der Waals surface area contributed by atoms with Crippen molar-refractivity contribution in [2.75, 3.05) is 0 Å². The van der Waals surface area contributed by atoms with Crippen LogP contribution >= 0.6 is 23.7 Å². The van der Waals surface area contributed by atoms with Crippen LogP contribution in [0.3, 0.4) is 0 Å². The molecule has 19 heavy (non-hydrogen) atoms. The topological polar surface area (TPSA) is 46.2 Å². The Morgan fingerprint density at radius 2 is 1.74 bits per heavy atom. The van der Waals surface area contributed by atoms with E-state index in [4.69, 9.17) is 5.73 Å². The minimum absolute atomic E-state index is 0. The van der Waals surface area contributed by atoms with Gasteiger partial charge in [0.15, 0.2) is 0 Å². The number of phenolic OH excluding ortho intramolecular Hbond substituents is 1. The second-order valence-corrected chi connectivity index (χ2v) is 5.26. The first kappa shape index (κ1) is 13.9. The summed E-state index contributed by atoms with van der Waals surface area (Å²) < 4.78 is 0. The number of thiophene rings is 1. The maximum Gasteiger partial charge on any atom is 0.116 e. The number of phenols is 1. The number of benzene rings is 2. The van der Waals surface area contributed by atoms with E-state index in [0.29, 0.717) is 0 Å². The van der Waals surface area contributed by atoms with Crippen molar-refractivity contribution in [1.82, 2.24) is 0 Å². The van der Waals surface area contributed by atoms with E-state index in [0.717, 1.165) is 21.2 Å². The van der Waals surface area contributed by atoms with Gasteiger partial charge in [-0.3, -0.25) is 0 Å². The van der Waals surface area contributed by atoms with Crippen LogP contribution in [0.15, 0.2) is 53.9 Å². The Morgan fingerprint density at radius 1 is 1.00 bits per heavy atom. The highest BCUT2D eigenvalue weighted by Crippen LogP contribution is 2.27. The Morgan fingerprint density at radius 3 is 2.47 bits per heavy atom. The lowest BCUT2D eigenvalue weighted by molar-refractivity contribution is 0.476. The lowest BCUT2D eigenvalue weighted by Crippen LogP contribution is -2.09. The summed E-state index contributed by atoms with van der Waals surface area (Å²) in [5, 5.41) is 13.6. The van der Waals surface area contributed by atoms with Gasteiger partial charge in [-0.15, -0.1) is 23.7 Å². The molecule has 0 aliphatic rings. The lowest BCUT2D eigenvalue weighted by atomic mass is 10.0. The van der Waals surface area contributed by atoms with Gasteiger partial charge < -0.3 is 10.8 Å². The molecule has 1 atom stereocenters. The van der Waals surface area contributed by atoms with Crippen molar-refractivity contribution < 1.29 is 5.11 Å². The van der Waals surface area contributed by atoms with Crippen molar-refractivity contribution in [3.63, 3.8) is 0 Å². The van der Waals surface area contributed by atoms with Crippen LogP contribution in [0.25, 0.3) is 10.8 Å². The van der Waals surface area contributed by atoms with Gasteiger partial charge in [0, 0.05) is 4.88 Å². The second kappa shape index (κ2) is 5.61. The van der Waals surface area contributed by atoms with Crippen LogP contribution in [-0.4, -0.2) is 5.11 Å². The van der Waals surface area contributed by atoms with Crippen molar-refractivity contribution in [3.05, 3.63) is 64.4 Å². The van der Waals surface area contributed by atoms with Crippen LogP contribution < -0.4 is 5.73 Å². The largest absolute Gasteiger partial charge is 0.508 e. The zero-order valence-electron chi connectivity index (χ0n) is 10.1. The van der Waals surface area contributed by atoms with Gasteiger partial charge in [-0.1, -0.05) is 24.3 Å². The molecule has 0 amide bonds. The molecule has 0 bridgehead atoms. The minimum Gasteiger partial charge on any atom is -0.508 e. The molecule has 3 N–H and O–H groups in total. The molecule has 0 saturated heterocycles. The number of rotatable bonds is 2. The van der Waals surface area contributed by atoms with Crippen LogP contribution in [0.5, 0.6) is 5.75 Å². The molecule has 0 unspecified atom stereocenters. The van der Waals surface area contributed by atoms with E-state index < -0.39 is 0 Å². The number of hydrogen-bond donors (Lipinski definition) is 2. The molecule has 1 aromatic heterocycles. The predicted octanol–water partition coefficient (Wildman–Crippen LogP) is 4.08. The molecule has 0 spiro atoms. The van der Waals surface area contributed by atoms with Crippen molar-refractivity contribution in [1.29, 1.82) is 0 Å². The van der Waals surface area contributed by atoms with Gasteiger partial charge >= 0.3 is 0 Å². The molecule has 3 aromatic rings. The molecule has 2 aromatic carbocycles. The van der Waals surface area contributed by atoms with E-state index in [9.17, 15) is 5.11 Å². The second-order valence-electron chi connectivity index (χ2n) is 4.28. The van der Waals surface area contributed by atoms with Crippen LogP contribution in [0, 0.1) is 0 Å². The van der Waals surface area contributed by atoms with Crippen LogP contribution in [0.4, 0.5) is 0 Å². The average molecular weight is 292 g/mol. The zero-order valence-corrected chi connectivity index (χ0v) is 11.7. The molecule has 98 valence electrons. The van der Waals surface area contributed by atoms with E-state index in [-0.39, 0.29) is 24.2 Å². The molecule has 0 fully saturated rings. The Hall–Kier alpha value is -1.55. The third-order valence-electron chi connectivity index (χ3n) is 3.06. The third-order valence-corrected chi connectivity index (χ3v) is 4.01. The predicted molar refractivity (Wildman–Crippen MR) is 83.2 cm³/mol. The maximum absolute atomic E-state index is 9.44. The van der Waals surface area contributed by atoms with E-state index in [2.05, 4.69) is 12.1 Å². The normalized spacial score (nSPS) is 12.1. The molecule has 3 rings (SSSR count). The smallest absolute Gasteiger partial charge is 0.116 e. The quantitative estimate of drug-likeness (QED) is 0.747. The van der Waals surface area contributed by atoms with Crippen molar-refractivity contribution >= 4 is 34.5 Å². The van der Waals surface area contributed by atoms with Gasteiger partial charge in [-0.25, -0.2) is 0 Å². The molecule has 4 heteroatoms. The van der Waals surface area contributed by atoms with Gasteiger partial charge in [0.05, 0.1) is 6.04 Å². The van der Waals surface area contributed by atoms with Gasteiger partial charge in [0.25, 0.3) is 0 Å². The standard InChI is InChI=1S/C15H13NOS.ClH/c16-15(14-2-1-7-18-14)12-4-3-11-9-13(17)6-5-10(11)8-12;/h1-9,15,17H,16H2;1H/t15-;/m1./s1. The summed E-state index contributed by atoms with van der Waals surface area (Å²) in [5.74, 6) is 0.290. The van der Waals surface area contributed by atoms with Gasteiger partial charge in [-0.05, 0) is 46.0 Å². The summed E-state index contributed by atoms with van der Waals surface area (Å²) >= 11 is 1.67. The van der Waals surface area contributed by atoms with Crippen LogP contribution in [-0.2, 0) is 0 Å². The SMILES string of the molecule is Cl.N[C@H](c1ccc2cc(O)ccc2c1)c1cccs1. The number of aromatic hydroxyl groups is 1. The molecule has 1 heterocycles. The summed E-state index contributed by atoms with van der Waals surface area (Å²) in [7, 11) is 0. The Kier molecular flexibility index (Phi) is 4.10. The van der Waals surface area contributed by atoms with E-state index >= 15 is 0 Å². The molecular weight excluding hydrogens is 278 g/mol. The summed E-state index contributed by atoms with van der Waals surface area (Å²) in [6.45, 7) is 0. The molecule has 2 nitrogen and oxygen atoms in total. The van der Waals surface area contributed by atoms with E-state index in [1.807, 2.05) is 29.6 Å². The highest BCUT2D eigenvalue weighted by molar-refractivity contribution is 7.10. The highest BCUT2D eigenvalue weighted by atomic mass is 35.5. The van der Waals surface area contributed by atoms with Gasteiger partial charge in [0.2, 0.25) is 0 Å². The molecule has 0 aliphatic heterocycles. The summed E-state index contributed by atoms with van der Waals surface area (Å²) in [5.41, 5.74) is 7.34. The fourth-order valence-electron chi connectivity index (χ4n) is 2.08. The van der Waals surface area contributed by atoms with E-state index in [1.54, 1.807) is 23.5 Å². The number of halogens is 1. The molecule has 0 saturated carbocycles. The van der Waals surface area contributed by atoms with Crippen LogP contribution in [0.2, 0.25) is 0 Å². The number of hydrogen-bond acceptors (Lipinski definition) is 3. The lowest BCUT2D eigenvalue weighted by Gasteiger charge is -2.11. The molecule has 0 aliphatic carbocycles. The average Bonchev–Trinajstić information content (AvgIpc) is 2.91. The Bertz CT molecular complexity index is 682. The highest BCUT2D eigenvalue weighted by Gasteiger charge is 2.10. The van der Waals surface area contributed by atoms with E-state index in [1.165, 1.54) is 0 Å². The monoisotopic (exact) mass is 291 g/mol. The molecule has 0 radical (unpaired) electrons. The van der Waals surface area contributed by atoms with Crippen molar-refractivity contribution in [2.45, 2.75) is 6.04 Å². The maximum atomic E-state index is 9.44. The fraction of sp³-hybridized carbons (Fsp3) is 0.0667. The van der Waals surface area contributed by atoms with Crippen LogP contribution in [0.1, 0.15) is 16.5 Å². The third kappa shape index (κ3) is 2.73. The summed E-state index contributed by atoms with van der Waals surface area (Å²) in [4.78, 5) is 1.16. The number of nitrogens with two attached hydrogens (primary N) is 1.